The summed E-state index contributed by atoms with van der Waals surface area (Å²) in [4.78, 5) is 0. The lowest BCUT2D eigenvalue weighted by atomic mass is 10.2. The fourth-order valence-electron chi connectivity index (χ4n) is 1.51. The lowest BCUT2D eigenvalue weighted by Gasteiger charge is -2.18. The van der Waals surface area contributed by atoms with Gasteiger partial charge in [-0.2, -0.15) is 0 Å². The molecule has 1 aromatic carbocycles. The maximum Gasteiger partial charge on any atom is 0.214 e. The monoisotopic (exact) mass is 333 g/mol. The SMILES string of the molecule is CC(C)CCS(=O)(=O)N(C)Cc1ccccc1Br. The van der Waals surface area contributed by atoms with Gasteiger partial charge in [-0.1, -0.05) is 48.0 Å². The molecular formula is C13H20BrNO2S. The molecule has 102 valence electrons. The summed E-state index contributed by atoms with van der Waals surface area (Å²) < 4.78 is 26.5. The normalized spacial score (nSPS) is 12.3. The van der Waals surface area contributed by atoms with Crippen LogP contribution in [0.1, 0.15) is 25.8 Å². The van der Waals surface area contributed by atoms with E-state index in [9.17, 15) is 8.42 Å². The van der Waals surface area contributed by atoms with Gasteiger partial charge in [0.1, 0.15) is 0 Å². The van der Waals surface area contributed by atoms with E-state index in [-0.39, 0.29) is 5.75 Å². The van der Waals surface area contributed by atoms with Crippen molar-refractivity contribution in [2.75, 3.05) is 12.8 Å². The maximum absolute atomic E-state index is 12.1. The Morgan fingerprint density at radius 3 is 2.44 bits per heavy atom. The first kappa shape index (κ1) is 15.7. The fraction of sp³-hybridized carbons (Fsp3) is 0.538. The Balaban J connectivity index is 2.70. The van der Waals surface area contributed by atoms with E-state index in [0.29, 0.717) is 18.9 Å². The van der Waals surface area contributed by atoms with Crippen LogP contribution in [-0.4, -0.2) is 25.5 Å². The van der Waals surface area contributed by atoms with E-state index in [1.165, 1.54) is 4.31 Å². The van der Waals surface area contributed by atoms with Gasteiger partial charge in [0.05, 0.1) is 5.75 Å². The van der Waals surface area contributed by atoms with E-state index in [2.05, 4.69) is 15.9 Å². The molecule has 1 aromatic rings. The average Bonchev–Trinajstić information content (AvgIpc) is 2.29. The van der Waals surface area contributed by atoms with Crippen molar-refractivity contribution >= 4 is 26.0 Å². The predicted octanol–water partition coefficient (Wildman–Crippen LogP) is 3.26. The minimum absolute atomic E-state index is 0.214. The highest BCUT2D eigenvalue weighted by Crippen LogP contribution is 2.19. The van der Waals surface area contributed by atoms with Gasteiger partial charge in [-0.15, -0.1) is 0 Å². The van der Waals surface area contributed by atoms with Crippen LogP contribution in [0.2, 0.25) is 0 Å². The molecule has 0 N–H and O–H groups in total. The first-order chi connectivity index (χ1) is 8.33. The molecule has 5 heteroatoms. The minimum atomic E-state index is -3.16. The second-order valence-corrected chi connectivity index (χ2v) is 7.90. The molecule has 0 unspecified atom stereocenters. The zero-order valence-electron chi connectivity index (χ0n) is 11.1. The van der Waals surface area contributed by atoms with E-state index < -0.39 is 10.0 Å². The van der Waals surface area contributed by atoms with Gasteiger partial charge >= 0.3 is 0 Å². The molecule has 0 radical (unpaired) electrons. The lowest BCUT2D eigenvalue weighted by molar-refractivity contribution is 0.460. The Morgan fingerprint density at radius 2 is 1.89 bits per heavy atom. The first-order valence-electron chi connectivity index (χ1n) is 6.00. The summed E-state index contributed by atoms with van der Waals surface area (Å²) in [5.74, 6) is 0.614. The average molecular weight is 334 g/mol. The number of hydrogen-bond acceptors (Lipinski definition) is 2. The number of sulfonamides is 1. The zero-order chi connectivity index (χ0) is 13.8. The van der Waals surface area contributed by atoms with Gasteiger partial charge < -0.3 is 0 Å². The van der Waals surface area contributed by atoms with Gasteiger partial charge in [-0.05, 0) is 24.0 Å². The van der Waals surface area contributed by atoms with Crippen molar-refractivity contribution in [3.8, 4) is 0 Å². The Morgan fingerprint density at radius 1 is 1.28 bits per heavy atom. The minimum Gasteiger partial charge on any atom is -0.212 e. The van der Waals surface area contributed by atoms with Crippen molar-refractivity contribution < 1.29 is 8.42 Å². The van der Waals surface area contributed by atoms with Crippen molar-refractivity contribution in [2.45, 2.75) is 26.8 Å². The zero-order valence-corrected chi connectivity index (χ0v) is 13.5. The maximum atomic E-state index is 12.1. The summed E-state index contributed by atoms with van der Waals surface area (Å²) in [5, 5.41) is 0. The molecule has 0 bridgehead atoms. The third-order valence-corrected chi connectivity index (χ3v) is 5.38. The molecule has 0 atom stereocenters. The summed E-state index contributed by atoms with van der Waals surface area (Å²) in [6, 6.07) is 7.68. The standard InChI is InChI=1S/C13H20BrNO2S/c1-11(2)8-9-18(16,17)15(3)10-12-6-4-5-7-13(12)14/h4-7,11H,8-10H2,1-3H3. The molecule has 0 heterocycles. The van der Waals surface area contributed by atoms with E-state index in [4.69, 9.17) is 0 Å². The second-order valence-electron chi connectivity index (χ2n) is 4.85. The molecule has 0 saturated carbocycles. The Hall–Kier alpha value is -0.390. The summed E-state index contributed by atoms with van der Waals surface area (Å²) in [5.41, 5.74) is 0.980. The van der Waals surface area contributed by atoms with Crippen LogP contribution in [0.3, 0.4) is 0 Å². The lowest BCUT2D eigenvalue weighted by Crippen LogP contribution is -2.29. The largest absolute Gasteiger partial charge is 0.214 e. The highest BCUT2D eigenvalue weighted by molar-refractivity contribution is 9.10. The Bertz CT molecular complexity index is 486. The number of rotatable bonds is 6. The quantitative estimate of drug-likeness (QED) is 0.801. The molecule has 0 aliphatic rings. The smallest absolute Gasteiger partial charge is 0.212 e. The van der Waals surface area contributed by atoms with E-state index in [0.717, 1.165) is 10.0 Å². The Kier molecular flexibility index (Phi) is 5.82. The molecule has 3 nitrogen and oxygen atoms in total. The molecule has 0 aliphatic heterocycles. The van der Waals surface area contributed by atoms with Crippen molar-refractivity contribution in [3.63, 3.8) is 0 Å². The summed E-state index contributed by atoms with van der Waals surface area (Å²) in [6.45, 7) is 4.47. The van der Waals surface area contributed by atoms with Gasteiger partial charge in [-0.3, -0.25) is 0 Å². The first-order valence-corrected chi connectivity index (χ1v) is 8.40. The molecule has 0 saturated heterocycles. The number of benzene rings is 1. The van der Waals surface area contributed by atoms with Gasteiger partial charge in [0.15, 0.2) is 0 Å². The molecule has 0 spiro atoms. The third-order valence-electron chi connectivity index (χ3n) is 2.78. The highest BCUT2D eigenvalue weighted by atomic mass is 79.9. The van der Waals surface area contributed by atoms with Crippen molar-refractivity contribution in [3.05, 3.63) is 34.3 Å². The van der Waals surface area contributed by atoms with Crippen molar-refractivity contribution in [1.29, 1.82) is 0 Å². The Labute approximate surface area is 118 Å². The molecule has 0 fully saturated rings. The van der Waals surface area contributed by atoms with E-state index in [1.54, 1.807) is 7.05 Å². The molecule has 1 rings (SSSR count). The van der Waals surface area contributed by atoms with Gasteiger partial charge in [0.25, 0.3) is 0 Å². The van der Waals surface area contributed by atoms with Crippen LogP contribution in [0.15, 0.2) is 28.7 Å². The van der Waals surface area contributed by atoms with Crippen molar-refractivity contribution in [2.24, 2.45) is 5.92 Å². The third kappa shape index (κ3) is 4.71. The van der Waals surface area contributed by atoms with E-state index >= 15 is 0 Å². The topological polar surface area (TPSA) is 37.4 Å². The fourth-order valence-corrected chi connectivity index (χ4v) is 3.33. The van der Waals surface area contributed by atoms with Gasteiger partial charge in [0, 0.05) is 18.1 Å². The molecule has 0 aliphatic carbocycles. The van der Waals surface area contributed by atoms with Crippen LogP contribution in [0.4, 0.5) is 0 Å². The molecular weight excluding hydrogens is 314 g/mol. The number of nitrogens with zero attached hydrogens (tertiary/aromatic N) is 1. The number of hydrogen-bond donors (Lipinski definition) is 0. The van der Waals surface area contributed by atoms with E-state index in [1.807, 2.05) is 38.1 Å². The van der Waals surface area contributed by atoms with Crippen LogP contribution >= 0.6 is 15.9 Å². The van der Waals surface area contributed by atoms with Crippen LogP contribution in [0.25, 0.3) is 0 Å². The summed E-state index contributed by atoms with van der Waals surface area (Å²) in [6.07, 6.45) is 0.697. The summed E-state index contributed by atoms with van der Waals surface area (Å²) >= 11 is 3.43. The van der Waals surface area contributed by atoms with Gasteiger partial charge in [0.2, 0.25) is 10.0 Å². The number of halogens is 1. The molecule has 18 heavy (non-hydrogen) atoms. The van der Waals surface area contributed by atoms with Gasteiger partial charge in [-0.25, -0.2) is 12.7 Å². The molecule has 0 amide bonds. The second kappa shape index (κ2) is 6.68. The molecule has 0 aromatic heterocycles. The van der Waals surface area contributed by atoms with Crippen LogP contribution in [0, 0.1) is 5.92 Å². The van der Waals surface area contributed by atoms with Crippen LogP contribution in [-0.2, 0) is 16.6 Å². The van der Waals surface area contributed by atoms with Crippen LogP contribution in [0.5, 0.6) is 0 Å². The highest BCUT2D eigenvalue weighted by Gasteiger charge is 2.18. The summed E-state index contributed by atoms with van der Waals surface area (Å²) in [7, 11) is -1.52. The predicted molar refractivity (Wildman–Crippen MR) is 78.9 cm³/mol. The van der Waals surface area contributed by atoms with Crippen LogP contribution < -0.4 is 0 Å². The van der Waals surface area contributed by atoms with Crippen molar-refractivity contribution in [1.82, 2.24) is 4.31 Å².